The molecule has 4 rings (SSSR count). The Morgan fingerprint density at radius 3 is 1.23 bits per heavy atom. The monoisotopic (exact) mass is 428 g/mol. The van der Waals surface area contributed by atoms with Gasteiger partial charge < -0.3 is 20.8 Å². The summed E-state index contributed by atoms with van der Waals surface area (Å²) in [6, 6.07) is 7.53. The molecule has 2 aliphatic rings. The van der Waals surface area contributed by atoms with Crippen LogP contribution in [0.2, 0.25) is 0 Å². The lowest BCUT2D eigenvalue weighted by molar-refractivity contribution is -0.159. The average Bonchev–Trinajstić information content (AvgIpc) is 2.57. The lowest BCUT2D eigenvalue weighted by atomic mass is 9.93. The molecule has 0 radical (unpaired) electrons. The van der Waals surface area contributed by atoms with Gasteiger partial charge in [-0.05, 0) is 23.3 Å². The van der Waals surface area contributed by atoms with Crippen LogP contribution in [0.3, 0.4) is 0 Å². The molecule has 2 aromatic carbocycles. The highest BCUT2D eigenvalue weighted by atomic mass is 19.1. The summed E-state index contributed by atoms with van der Waals surface area (Å²) < 4.78 is 51.1. The van der Waals surface area contributed by atoms with Gasteiger partial charge in [0.15, 0.2) is 0 Å². The molecule has 2 heterocycles. The first-order valence-corrected chi connectivity index (χ1v) is 8.96. The van der Waals surface area contributed by atoms with Crippen LogP contribution in [0.25, 0.3) is 0 Å². The predicted molar refractivity (Wildman–Crippen MR) is 99.2 cm³/mol. The summed E-state index contributed by atoms with van der Waals surface area (Å²) >= 11 is 0. The molecule has 0 spiro atoms. The number of aliphatic carboxylic acids is 2. The number of hydrogen-bond donors (Lipinski definition) is 4. The van der Waals surface area contributed by atoms with E-state index in [1.54, 1.807) is 0 Å². The second kappa shape index (κ2) is 10.7. The summed E-state index contributed by atoms with van der Waals surface area (Å²) in [5, 5.41) is 20.9. The first-order chi connectivity index (χ1) is 14.2. The molecule has 4 N–H and O–H groups in total. The molecule has 2 aromatic rings. The van der Waals surface area contributed by atoms with E-state index in [1.807, 2.05) is 0 Å². The highest BCUT2D eigenvalue weighted by molar-refractivity contribution is 6.27. The van der Waals surface area contributed by atoms with Crippen molar-refractivity contribution < 1.29 is 37.4 Å². The van der Waals surface area contributed by atoms with E-state index in [4.69, 9.17) is 19.8 Å². The molecular weight excluding hydrogens is 408 g/mol. The maximum atomic E-state index is 13.1. The van der Waals surface area contributed by atoms with Gasteiger partial charge in [0, 0.05) is 50.1 Å². The molecule has 0 aromatic heterocycles. The van der Waals surface area contributed by atoms with Gasteiger partial charge >= 0.3 is 11.9 Å². The van der Waals surface area contributed by atoms with Crippen molar-refractivity contribution in [1.82, 2.24) is 10.6 Å². The number of halogens is 4. The summed E-state index contributed by atoms with van der Waals surface area (Å²) in [5.41, 5.74) is 1.24. The summed E-state index contributed by atoms with van der Waals surface area (Å²) in [6.45, 7) is 3.18. The fourth-order valence-corrected chi connectivity index (χ4v) is 2.68. The van der Waals surface area contributed by atoms with Crippen LogP contribution in [-0.4, -0.2) is 48.3 Å². The first-order valence-electron chi connectivity index (χ1n) is 8.96. The quantitative estimate of drug-likeness (QED) is 0.433. The smallest absolute Gasteiger partial charge is 0.414 e. The van der Waals surface area contributed by atoms with Crippen molar-refractivity contribution in [3.8, 4) is 0 Å². The average molecular weight is 428 g/mol. The standard InChI is InChI=1S/2C9H9F2N.C2H2O4/c2*10-7-1-2-8(9(11)3-7)6-4-12-5-6;3-1(4)2(5)6/h2*1-3,6,12H,4-5H2;(H,3,4)(H,5,6). The molecule has 162 valence electrons. The molecule has 10 heteroatoms. The van der Waals surface area contributed by atoms with Gasteiger partial charge in [0.2, 0.25) is 0 Å². The van der Waals surface area contributed by atoms with Gasteiger partial charge in [0.1, 0.15) is 23.3 Å². The topological polar surface area (TPSA) is 98.7 Å². The van der Waals surface area contributed by atoms with E-state index >= 15 is 0 Å². The van der Waals surface area contributed by atoms with Gasteiger partial charge in [-0.15, -0.1) is 0 Å². The minimum Gasteiger partial charge on any atom is -0.473 e. The van der Waals surface area contributed by atoms with Crippen molar-refractivity contribution in [3.63, 3.8) is 0 Å². The van der Waals surface area contributed by atoms with E-state index in [0.717, 1.165) is 38.3 Å². The Labute approximate surface area is 169 Å². The maximum absolute atomic E-state index is 13.1. The summed E-state index contributed by atoms with van der Waals surface area (Å²) in [7, 11) is 0. The van der Waals surface area contributed by atoms with Crippen molar-refractivity contribution in [1.29, 1.82) is 0 Å². The van der Waals surface area contributed by atoms with Crippen LogP contribution in [0.5, 0.6) is 0 Å². The molecular formula is C20H20F4N2O4. The molecule has 2 saturated heterocycles. The molecule has 0 amide bonds. The zero-order chi connectivity index (χ0) is 22.3. The fourth-order valence-electron chi connectivity index (χ4n) is 2.68. The van der Waals surface area contributed by atoms with Crippen LogP contribution in [0.15, 0.2) is 36.4 Å². The molecule has 0 saturated carbocycles. The van der Waals surface area contributed by atoms with E-state index in [0.29, 0.717) is 11.1 Å². The highest BCUT2D eigenvalue weighted by Crippen LogP contribution is 2.23. The zero-order valence-electron chi connectivity index (χ0n) is 15.7. The van der Waals surface area contributed by atoms with Crippen molar-refractivity contribution in [2.24, 2.45) is 0 Å². The van der Waals surface area contributed by atoms with Crippen molar-refractivity contribution in [3.05, 3.63) is 70.8 Å². The Bertz CT molecular complexity index is 829. The second-order valence-corrected chi connectivity index (χ2v) is 6.65. The molecule has 0 atom stereocenters. The van der Waals surface area contributed by atoms with Crippen molar-refractivity contribution in [2.75, 3.05) is 26.2 Å². The minimum absolute atomic E-state index is 0.227. The van der Waals surface area contributed by atoms with E-state index < -0.39 is 35.2 Å². The third kappa shape index (κ3) is 6.53. The fraction of sp³-hybridized carbons (Fsp3) is 0.300. The van der Waals surface area contributed by atoms with E-state index in [-0.39, 0.29) is 11.8 Å². The Kier molecular flexibility index (Phi) is 8.31. The van der Waals surface area contributed by atoms with Gasteiger partial charge in [-0.3, -0.25) is 0 Å². The molecule has 6 nitrogen and oxygen atoms in total. The van der Waals surface area contributed by atoms with Crippen LogP contribution < -0.4 is 10.6 Å². The maximum Gasteiger partial charge on any atom is 0.414 e. The summed E-state index contributed by atoms with van der Waals surface area (Å²) in [4.78, 5) is 18.2. The molecule has 2 fully saturated rings. The molecule has 30 heavy (non-hydrogen) atoms. The number of benzene rings is 2. The van der Waals surface area contributed by atoms with E-state index in [9.17, 15) is 17.6 Å². The van der Waals surface area contributed by atoms with Crippen LogP contribution >= 0.6 is 0 Å². The van der Waals surface area contributed by atoms with E-state index in [2.05, 4.69) is 10.6 Å². The minimum atomic E-state index is -1.82. The number of rotatable bonds is 2. The summed E-state index contributed by atoms with van der Waals surface area (Å²) in [5.74, 6) is -5.07. The van der Waals surface area contributed by atoms with Gasteiger partial charge in [0.05, 0.1) is 0 Å². The van der Waals surface area contributed by atoms with Gasteiger partial charge in [-0.1, -0.05) is 12.1 Å². The Morgan fingerprint density at radius 2 is 1.03 bits per heavy atom. The van der Waals surface area contributed by atoms with E-state index in [1.165, 1.54) is 24.3 Å². The van der Waals surface area contributed by atoms with Gasteiger partial charge in [0.25, 0.3) is 0 Å². The number of carboxylic acid groups (broad SMARTS) is 2. The Balaban J connectivity index is 0.000000171. The number of nitrogens with one attached hydrogen (secondary N) is 2. The molecule has 0 bridgehead atoms. The largest absolute Gasteiger partial charge is 0.473 e. The third-order valence-electron chi connectivity index (χ3n) is 4.55. The SMILES string of the molecule is Fc1ccc(C2CNC2)c(F)c1.Fc1ccc(C2CNC2)c(F)c1.O=C(O)C(=O)O. The lowest BCUT2D eigenvalue weighted by Crippen LogP contribution is -2.40. The predicted octanol–water partition coefficient (Wildman–Crippen LogP) is 2.46. The molecule has 0 unspecified atom stereocenters. The number of carboxylic acids is 2. The summed E-state index contributed by atoms with van der Waals surface area (Å²) in [6.07, 6.45) is 0. The highest BCUT2D eigenvalue weighted by Gasteiger charge is 2.22. The van der Waals surface area contributed by atoms with Gasteiger partial charge in [-0.2, -0.15) is 0 Å². The van der Waals surface area contributed by atoms with Crippen LogP contribution in [0.1, 0.15) is 23.0 Å². The Morgan fingerprint density at radius 1 is 0.700 bits per heavy atom. The first kappa shape index (κ1) is 23.3. The normalized spacial score (nSPS) is 15.5. The van der Waals surface area contributed by atoms with Crippen LogP contribution in [-0.2, 0) is 9.59 Å². The lowest BCUT2D eigenvalue weighted by Gasteiger charge is -2.27. The molecule has 0 aliphatic carbocycles. The van der Waals surface area contributed by atoms with Gasteiger partial charge in [-0.25, -0.2) is 27.2 Å². The third-order valence-corrected chi connectivity index (χ3v) is 4.55. The van der Waals surface area contributed by atoms with Crippen LogP contribution in [0.4, 0.5) is 17.6 Å². The second-order valence-electron chi connectivity index (χ2n) is 6.65. The number of carbonyl (C=O) groups is 2. The van der Waals surface area contributed by atoms with Crippen LogP contribution in [0, 0.1) is 23.3 Å². The van der Waals surface area contributed by atoms with Crippen molar-refractivity contribution >= 4 is 11.9 Å². The zero-order valence-corrected chi connectivity index (χ0v) is 15.7. The van der Waals surface area contributed by atoms with Crippen molar-refractivity contribution in [2.45, 2.75) is 11.8 Å². The Hall–Kier alpha value is -2.98. The number of hydrogen-bond acceptors (Lipinski definition) is 4. The molecule has 2 aliphatic heterocycles.